The molecule has 1 aromatic carbocycles. The van der Waals surface area contributed by atoms with Crippen LogP contribution in [-0.2, 0) is 6.42 Å². The van der Waals surface area contributed by atoms with Crippen molar-refractivity contribution in [2.45, 2.75) is 6.42 Å². The molecule has 3 rings (SSSR count). The van der Waals surface area contributed by atoms with Crippen molar-refractivity contribution in [2.75, 3.05) is 6.54 Å². The fraction of sp³-hybridized carbons (Fsp3) is 0.133. The lowest BCUT2D eigenvalue weighted by atomic mass is 10.1. The van der Waals surface area contributed by atoms with Gasteiger partial charge in [0.25, 0.3) is 0 Å². The Morgan fingerprint density at radius 3 is 2.67 bits per heavy atom. The van der Waals surface area contributed by atoms with Crippen LogP contribution in [-0.4, -0.2) is 15.9 Å². The van der Waals surface area contributed by atoms with Crippen molar-refractivity contribution in [3.05, 3.63) is 60.7 Å². The van der Waals surface area contributed by atoms with Crippen molar-refractivity contribution >= 4 is 5.52 Å². The van der Waals surface area contributed by atoms with E-state index in [9.17, 15) is 0 Å². The van der Waals surface area contributed by atoms with Gasteiger partial charge in [-0.3, -0.25) is 0 Å². The molecule has 0 atom stereocenters. The van der Waals surface area contributed by atoms with Gasteiger partial charge in [0.15, 0.2) is 0 Å². The lowest BCUT2D eigenvalue weighted by molar-refractivity contribution is 0.863. The summed E-state index contributed by atoms with van der Waals surface area (Å²) >= 11 is 0. The van der Waals surface area contributed by atoms with Gasteiger partial charge in [-0.1, -0.05) is 36.4 Å². The molecule has 0 aliphatic carbocycles. The Bertz CT molecular complexity index is 656. The third kappa shape index (κ3) is 1.79. The van der Waals surface area contributed by atoms with E-state index in [1.165, 1.54) is 11.1 Å². The number of benzene rings is 1. The summed E-state index contributed by atoms with van der Waals surface area (Å²) in [7, 11) is 0. The molecule has 2 N–H and O–H groups in total. The van der Waals surface area contributed by atoms with Gasteiger partial charge in [0.05, 0.1) is 11.7 Å². The Labute approximate surface area is 106 Å². The van der Waals surface area contributed by atoms with Crippen molar-refractivity contribution in [3.8, 4) is 11.1 Å². The Kier molecular flexibility index (Phi) is 2.82. The Morgan fingerprint density at radius 2 is 1.89 bits per heavy atom. The lowest BCUT2D eigenvalue weighted by Crippen LogP contribution is -2.06. The van der Waals surface area contributed by atoms with E-state index < -0.39 is 0 Å². The first-order chi connectivity index (χ1) is 8.90. The minimum absolute atomic E-state index is 0.620. The number of imidazole rings is 1. The SMILES string of the molecule is NCCc1ncc2c(-c3ccccc3)cccn12. The third-order valence-corrected chi connectivity index (χ3v) is 3.10. The topological polar surface area (TPSA) is 43.3 Å². The zero-order valence-electron chi connectivity index (χ0n) is 10.1. The summed E-state index contributed by atoms with van der Waals surface area (Å²) in [6, 6.07) is 14.5. The van der Waals surface area contributed by atoms with E-state index in [1.807, 2.05) is 18.5 Å². The van der Waals surface area contributed by atoms with E-state index in [-0.39, 0.29) is 0 Å². The molecule has 0 saturated carbocycles. The molecule has 0 amide bonds. The molecule has 0 radical (unpaired) electrons. The minimum atomic E-state index is 0.620. The first kappa shape index (κ1) is 11.0. The van der Waals surface area contributed by atoms with Gasteiger partial charge < -0.3 is 10.1 Å². The second kappa shape index (κ2) is 4.63. The standard InChI is InChI=1S/C15H15N3/c16-9-8-15-17-11-14-13(7-4-10-18(14)15)12-5-2-1-3-6-12/h1-7,10-11H,8-9,16H2. The highest BCUT2D eigenvalue weighted by Gasteiger charge is 2.07. The van der Waals surface area contributed by atoms with Crippen LogP contribution in [0, 0.1) is 0 Å². The summed E-state index contributed by atoms with van der Waals surface area (Å²) in [5.41, 5.74) is 9.15. The average Bonchev–Trinajstić information content (AvgIpc) is 2.84. The van der Waals surface area contributed by atoms with Crippen LogP contribution < -0.4 is 5.73 Å². The van der Waals surface area contributed by atoms with Crippen molar-refractivity contribution in [2.24, 2.45) is 5.73 Å². The zero-order valence-corrected chi connectivity index (χ0v) is 10.1. The second-order valence-corrected chi connectivity index (χ2v) is 4.26. The highest BCUT2D eigenvalue weighted by molar-refractivity contribution is 5.79. The predicted octanol–water partition coefficient (Wildman–Crippen LogP) is 2.50. The molecule has 0 fully saturated rings. The van der Waals surface area contributed by atoms with E-state index in [0.29, 0.717) is 6.54 Å². The number of nitrogens with zero attached hydrogens (tertiary/aromatic N) is 2. The van der Waals surface area contributed by atoms with Crippen LogP contribution in [0.25, 0.3) is 16.6 Å². The molecule has 3 heteroatoms. The number of hydrogen-bond acceptors (Lipinski definition) is 2. The molecule has 0 aliphatic heterocycles. The van der Waals surface area contributed by atoms with Crippen LogP contribution in [0.5, 0.6) is 0 Å². The molecule has 0 unspecified atom stereocenters. The minimum Gasteiger partial charge on any atom is -0.330 e. The summed E-state index contributed by atoms with van der Waals surface area (Å²) in [6.45, 7) is 0.620. The highest BCUT2D eigenvalue weighted by Crippen LogP contribution is 2.24. The van der Waals surface area contributed by atoms with E-state index in [2.05, 4.69) is 45.8 Å². The number of rotatable bonds is 3. The number of pyridine rings is 1. The van der Waals surface area contributed by atoms with Crippen LogP contribution in [0.1, 0.15) is 5.82 Å². The predicted molar refractivity (Wildman–Crippen MR) is 73.4 cm³/mol. The molecule has 0 saturated heterocycles. The normalized spacial score (nSPS) is 10.9. The van der Waals surface area contributed by atoms with Crippen molar-refractivity contribution in [1.29, 1.82) is 0 Å². The van der Waals surface area contributed by atoms with Gasteiger partial charge in [0.2, 0.25) is 0 Å². The van der Waals surface area contributed by atoms with Gasteiger partial charge in [-0.05, 0) is 18.2 Å². The molecule has 3 aromatic rings. The van der Waals surface area contributed by atoms with Crippen molar-refractivity contribution in [1.82, 2.24) is 9.38 Å². The Balaban J connectivity index is 2.19. The second-order valence-electron chi connectivity index (χ2n) is 4.26. The molecule has 0 spiro atoms. The molecular weight excluding hydrogens is 222 g/mol. The molecule has 0 aliphatic rings. The summed E-state index contributed by atoms with van der Waals surface area (Å²) in [5, 5.41) is 0. The maximum atomic E-state index is 5.61. The number of fused-ring (bicyclic) bond motifs is 1. The first-order valence-electron chi connectivity index (χ1n) is 6.10. The fourth-order valence-corrected chi connectivity index (χ4v) is 2.25. The van der Waals surface area contributed by atoms with Gasteiger partial charge in [-0.2, -0.15) is 0 Å². The van der Waals surface area contributed by atoms with Crippen molar-refractivity contribution < 1.29 is 0 Å². The van der Waals surface area contributed by atoms with Crippen LogP contribution in [0.2, 0.25) is 0 Å². The monoisotopic (exact) mass is 237 g/mol. The maximum Gasteiger partial charge on any atom is 0.114 e. The number of nitrogens with two attached hydrogens (primary N) is 1. The van der Waals surface area contributed by atoms with E-state index in [4.69, 9.17) is 5.73 Å². The summed E-state index contributed by atoms with van der Waals surface area (Å²) in [4.78, 5) is 4.45. The molecule has 90 valence electrons. The van der Waals surface area contributed by atoms with Crippen LogP contribution in [0.15, 0.2) is 54.9 Å². The summed E-state index contributed by atoms with van der Waals surface area (Å²) in [5.74, 6) is 1.02. The summed E-state index contributed by atoms with van der Waals surface area (Å²) in [6.07, 6.45) is 4.76. The van der Waals surface area contributed by atoms with Gasteiger partial charge in [-0.15, -0.1) is 0 Å². The molecule has 3 nitrogen and oxygen atoms in total. The van der Waals surface area contributed by atoms with Gasteiger partial charge >= 0.3 is 0 Å². The molecule has 0 bridgehead atoms. The smallest absolute Gasteiger partial charge is 0.114 e. The average molecular weight is 237 g/mol. The molecule has 2 heterocycles. The van der Waals surface area contributed by atoms with Crippen LogP contribution >= 0.6 is 0 Å². The van der Waals surface area contributed by atoms with E-state index in [1.54, 1.807) is 0 Å². The van der Waals surface area contributed by atoms with Crippen LogP contribution in [0.4, 0.5) is 0 Å². The van der Waals surface area contributed by atoms with E-state index in [0.717, 1.165) is 17.8 Å². The third-order valence-electron chi connectivity index (χ3n) is 3.10. The maximum absolute atomic E-state index is 5.61. The number of hydrogen-bond donors (Lipinski definition) is 1. The lowest BCUT2D eigenvalue weighted by Gasteiger charge is -2.05. The van der Waals surface area contributed by atoms with Crippen LogP contribution in [0.3, 0.4) is 0 Å². The van der Waals surface area contributed by atoms with Gasteiger partial charge in [-0.25, -0.2) is 4.98 Å². The Morgan fingerprint density at radius 1 is 1.06 bits per heavy atom. The Hall–Kier alpha value is -2.13. The first-order valence-corrected chi connectivity index (χ1v) is 6.10. The zero-order chi connectivity index (χ0) is 12.4. The fourth-order valence-electron chi connectivity index (χ4n) is 2.25. The molecule has 18 heavy (non-hydrogen) atoms. The quantitative estimate of drug-likeness (QED) is 0.760. The van der Waals surface area contributed by atoms with Crippen molar-refractivity contribution in [3.63, 3.8) is 0 Å². The molecule has 2 aromatic heterocycles. The number of aromatic nitrogens is 2. The van der Waals surface area contributed by atoms with E-state index >= 15 is 0 Å². The summed E-state index contributed by atoms with van der Waals surface area (Å²) < 4.78 is 2.12. The molecular formula is C15H15N3. The highest BCUT2D eigenvalue weighted by atomic mass is 15.0. The van der Waals surface area contributed by atoms with Gasteiger partial charge in [0.1, 0.15) is 5.82 Å². The largest absolute Gasteiger partial charge is 0.330 e. The van der Waals surface area contributed by atoms with Gasteiger partial charge in [0, 0.05) is 18.2 Å².